The lowest BCUT2D eigenvalue weighted by Gasteiger charge is -2.32. The quantitative estimate of drug-likeness (QED) is 0.426. The average molecular weight is 443 g/mol. The van der Waals surface area contributed by atoms with Gasteiger partial charge in [0, 0.05) is 58.0 Å². The lowest BCUT2D eigenvalue weighted by molar-refractivity contribution is -0.122. The first-order chi connectivity index (χ1) is 15.6. The number of hydrogen-bond acceptors (Lipinski definition) is 4. The van der Waals surface area contributed by atoms with E-state index in [1.54, 1.807) is 0 Å². The van der Waals surface area contributed by atoms with Crippen LogP contribution in [0.3, 0.4) is 0 Å². The molecule has 1 amide bonds. The molecule has 178 valence electrons. The van der Waals surface area contributed by atoms with E-state index < -0.39 is 0 Å². The first-order valence-electron chi connectivity index (χ1n) is 12.4. The number of benzene rings is 1. The molecule has 0 atom stereocenters. The fourth-order valence-corrected chi connectivity index (χ4v) is 4.42. The van der Waals surface area contributed by atoms with E-state index in [0.29, 0.717) is 12.6 Å². The standard InChI is InChI=1S/C25H42N6O/c1-4-13-27-24(32)19-30-14-11-22(12-15-30)29-25(26-3)28-18-21-5-7-23(8-6-21)31-16-9-20(2)10-17-31/h5-8,20,22H,4,9-19H2,1-3H3,(H,27,32)(H2,26,28,29). The van der Waals surface area contributed by atoms with E-state index in [0.717, 1.165) is 70.4 Å². The number of hydrogen-bond donors (Lipinski definition) is 3. The molecule has 0 saturated carbocycles. The number of nitrogens with zero attached hydrogens (tertiary/aromatic N) is 3. The highest BCUT2D eigenvalue weighted by atomic mass is 16.2. The fraction of sp³-hybridized carbons (Fsp3) is 0.680. The topological polar surface area (TPSA) is 72.0 Å². The summed E-state index contributed by atoms with van der Waals surface area (Å²) in [5.41, 5.74) is 2.59. The summed E-state index contributed by atoms with van der Waals surface area (Å²) in [5, 5.41) is 9.97. The van der Waals surface area contributed by atoms with Crippen LogP contribution in [0.1, 0.15) is 51.5 Å². The van der Waals surface area contributed by atoms with E-state index in [1.165, 1.54) is 24.1 Å². The van der Waals surface area contributed by atoms with Gasteiger partial charge < -0.3 is 20.9 Å². The Bertz CT molecular complexity index is 718. The minimum absolute atomic E-state index is 0.136. The van der Waals surface area contributed by atoms with Crippen molar-refractivity contribution in [2.45, 2.75) is 58.5 Å². The van der Waals surface area contributed by atoms with Crippen LogP contribution in [0.15, 0.2) is 29.3 Å². The van der Waals surface area contributed by atoms with Gasteiger partial charge in [-0.15, -0.1) is 0 Å². The molecule has 32 heavy (non-hydrogen) atoms. The molecule has 2 saturated heterocycles. The largest absolute Gasteiger partial charge is 0.372 e. The maximum absolute atomic E-state index is 11.9. The van der Waals surface area contributed by atoms with Gasteiger partial charge in [0.2, 0.25) is 5.91 Å². The third-order valence-corrected chi connectivity index (χ3v) is 6.64. The van der Waals surface area contributed by atoms with Gasteiger partial charge >= 0.3 is 0 Å². The third kappa shape index (κ3) is 7.69. The number of carbonyl (C=O) groups is 1. The molecule has 0 unspecified atom stereocenters. The van der Waals surface area contributed by atoms with Crippen LogP contribution in [-0.2, 0) is 11.3 Å². The molecule has 0 radical (unpaired) electrons. The smallest absolute Gasteiger partial charge is 0.234 e. The van der Waals surface area contributed by atoms with Crippen LogP contribution in [0.25, 0.3) is 0 Å². The van der Waals surface area contributed by atoms with Gasteiger partial charge in [0.15, 0.2) is 5.96 Å². The lowest BCUT2D eigenvalue weighted by Crippen LogP contribution is -2.50. The molecule has 2 heterocycles. The van der Waals surface area contributed by atoms with Crippen molar-refractivity contribution in [1.82, 2.24) is 20.9 Å². The number of aliphatic imine (C=N–C) groups is 1. The zero-order chi connectivity index (χ0) is 22.8. The van der Waals surface area contributed by atoms with E-state index in [9.17, 15) is 4.79 Å². The van der Waals surface area contributed by atoms with Crippen LogP contribution in [0.4, 0.5) is 5.69 Å². The zero-order valence-electron chi connectivity index (χ0n) is 20.2. The summed E-state index contributed by atoms with van der Waals surface area (Å²) < 4.78 is 0. The number of rotatable bonds is 8. The molecule has 7 nitrogen and oxygen atoms in total. The Morgan fingerprint density at radius 3 is 2.34 bits per heavy atom. The summed E-state index contributed by atoms with van der Waals surface area (Å²) in [5.74, 6) is 1.83. The molecule has 0 aliphatic carbocycles. The number of carbonyl (C=O) groups excluding carboxylic acids is 1. The van der Waals surface area contributed by atoms with Gasteiger partial charge in [-0.1, -0.05) is 26.0 Å². The van der Waals surface area contributed by atoms with Crippen molar-refractivity contribution >= 4 is 17.6 Å². The van der Waals surface area contributed by atoms with Crippen molar-refractivity contribution in [3.05, 3.63) is 29.8 Å². The van der Waals surface area contributed by atoms with Crippen molar-refractivity contribution in [2.75, 3.05) is 51.2 Å². The molecule has 3 rings (SSSR count). The van der Waals surface area contributed by atoms with Gasteiger partial charge in [-0.25, -0.2) is 0 Å². The lowest BCUT2D eigenvalue weighted by atomic mass is 9.99. The summed E-state index contributed by atoms with van der Waals surface area (Å²) in [4.78, 5) is 21.1. The molecule has 7 heteroatoms. The Balaban J connectivity index is 1.37. The third-order valence-electron chi connectivity index (χ3n) is 6.64. The number of likely N-dealkylation sites (tertiary alicyclic amines) is 1. The molecule has 0 bridgehead atoms. The summed E-state index contributed by atoms with van der Waals surface area (Å²) in [6.45, 7) is 10.6. The number of guanidine groups is 1. The number of amides is 1. The molecule has 1 aromatic carbocycles. The molecular formula is C25H42N6O. The van der Waals surface area contributed by atoms with Crippen molar-refractivity contribution < 1.29 is 4.79 Å². The van der Waals surface area contributed by atoms with Crippen molar-refractivity contribution in [1.29, 1.82) is 0 Å². The van der Waals surface area contributed by atoms with Crippen LogP contribution in [0.2, 0.25) is 0 Å². The highest BCUT2D eigenvalue weighted by Crippen LogP contribution is 2.23. The Hall–Kier alpha value is -2.28. The van der Waals surface area contributed by atoms with Crippen LogP contribution in [-0.4, -0.2) is 69.1 Å². The van der Waals surface area contributed by atoms with Gasteiger partial charge in [-0.3, -0.25) is 14.7 Å². The van der Waals surface area contributed by atoms with Crippen LogP contribution < -0.4 is 20.9 Å². The van der Waals surface area contributed by atoms with Crippen molar-refractivity contribution in [2.24, 2.45) is 10.9 Å². The molecule has 0 spiro atoms. The Labute approximate surface area is 194 Å². The highest BCUT2D eigenvalue weighted by Gasteiger charge is 2.21. The molecule has 3 N–H and O–H groups in total. The van der Waals surface area contributed by atoms with E-state index in [4.69, 9.17) is 0 Å². The second-order valence-electron chi connectivity index (χ2n) is 9.31. The Kier molecular flexibility index (Phi) is 9.65. The van der Waals surface area contributed by atoms with Crippen LogP contribution in [0.5, 0.6) is 0 Å². The average Bonchev–Trinajstić information content (AvgIpc) is 2.82. The molecular weight excluding hydrogens is 400 g/mol. The second kappa shape index (κ2) is 12.7. The monoisotopic (exact) mass is 442 g/mol. The summed E-state index contributed by atoms with van der Waals surface area (Å²) in [7, 11) is 1.82. The molecule has 2 fully saturated rings. The number of nitrogens with one attached hydrogen (secondary N) is 3. The van der Waals surface area contributed by atoms with E-state index in [1.807, 2.05) is 7.05 Å². The summed E-state index contributed by atoms with van der Waals surface area (Å²) in [6.07, 6.45) is 5.59. The minimum Gasteiger partial charge on any atom is -0.372 e. The maximum atomic E-state index is 11.9. The number of anilines is 1. The van der Waals surface area contributed by atoms with Crippen molar-refractivity contribution in [3.8, 4) is 0 Å². The van der Waals surface area contributed by atoms with Crippen molar-refractivity contribution in [3.63, 3.8) is 0 Å². The SMILES string of the molecule is CCCNC(=O)CN1CCC(NC(=NC)NCc2ccc(N3CCC(C)CC3)cc2)CC1. The molecule has 2 aliphatic rings. The summed E-state index contributed by atoms with van der Waals surface area (Å²) in [6, 6.07) is 9.32. The van der Waals surface area contributed by atoms with Crippen LogP contribution >= 0.6 is 0 Å². The number of piperidine rings is 2. The van der Waals surface area contributed by atoms with Gasteiger partial charge in [0.05, 0.1) is 6.54 Å². The van der Waals surface area contributed by atoms with Gasteiger partial charge in [0.1, 0.15) is 0 Å². The molecule has 1 aromatic rings. The highest BCUT2D eigenvalue weighted by molar-refractivity contribution is 5.80. The summed E-state index contributed by atoms with van der Waals surface area (Å²) >= 11 is 0. The molecule has 0 aromatic heterocycles. The predicted molar refractivity (Wildman–Crippen MR) is 133 cm³/mol. The predicted octanol–water partition coefficient (Wildman–Crippen LogP) is 2.58. The van der Waals surface area contributed by atoms with Gasteiger partial charge in [0.25, 0.3) is 0 Å². The minimum atomic E-state index is 0.136. The van der Waals surface area contributed by atoms with E-state index in [2.05, 4.69) is 68.9 Å². The first-order valence-corrected chi connectivity index (χ1v) is 12.4. The zero-order valence-corrected chi connectivity index (χ0v) is 20.2. The van der Waals surface area contributed by atoms with Gasteiger partial charge in [-0.05, 0) is 55.7 Å². The first kappa shape index (κ1) is 24.4. The van der Waals surface area contributed by atoms with Crippen LogP contribution in [0, 0.1) is 5.92 Å². The maximum Gasteiger partial charge on any atom is 0.234 e. The fourth-order valence-electron chi connectivity index (χ4n) is 4.42. The Morgan fingerprint density at radius 1 is 1.03 bits per heavy atom. The van der Waals surface area contributed by atoms with Gasteiger partial charge in [-0.2, -0.15) is 0 Å². The second-order valence-corrected chi connectivity index (χ2v) is 9.31. The molecule has 2 aliphatic heterocycles. The Morgan fingerprint density at radius 2 is 1.72 bits per heavy atom. The van der Waals surface area contributed by atoms with E-state index in [-0.39, 0.29) is 5.91 Å². The normalized spacial score (nSPS) is 19.1. The van der Waals surface area contributed by atoms with E-state index >= 15 is 0 Å².